The van der Waals surface area contributed by atoms with Gasteiger partial charge >= 0.3 is 0 Å². The number of allylic oxidation sites excluding steroid dienone is 5. The van der Waals surface area contributed by atoms with Gasteiger partial charge in [-0.05, 0) is 87.2 Å². The van der Waals surface area contributed by atoms with Crippen molar-refractivity contribution in [1.29, 1.82) is 0 Å². The van der Waals surface area contributed by atoms with Crippen LogP contribution in [0.1, 0.15) is 102 Å². The minimum atomic E-state index is -0.374. The molecule has 2 unspecified atom stereocenters. The number of hydrogen-bond donors (Lipinski definition) is 0. The van der Waals surface area contributed by atoms with E-state index in [0.717, 1.165) is 24.8 Å². The fourth-order valence-electron chi connectivity index (χ4n) is 4.43. The van der Waals surface area contributed by atoms with E-state index in [9.17, 15) is 4.79 Å². The van der Waals surface area contributed by atoms with Crippen molar-refractivity contribution < 1.29 is 9.53 Å². The lowest BCUT2D eigenvalue weighted by atomic mass is 9.65. The molecule has 0 saturated heterocycles. The van der Waals surface area contributed by atoms with Gasteiger partial charge in [-0.15, -0.1) is 0 Å². The zero-order valence-electron chi connectivity index (χ0n) is 21.7. The van der Waals surface area contributed by atoms with Gasteiger partial charge in [-0.3, -0.25) is 4.79 Å². The maximum Gasteiger partial charge on any atom is 0.187 e. The Labute approximate surface area is 187 Å². The first-order valence-corrected chi connectivity index (χ1v) is 11.9. The van der Waals surface area contributed by atoms with Crippen molar-refractivity contribution in [1.82, 2.24) is 0 Å². The largest absolute Gasteiger partial charge is 0.370 e. The van der Waals surface area contributed by atoms with Gasteiger partial charge in [0.15, 0.2) is 5.78 Å². The summed E-state index contributed by atoms with van der Waals surface area (Å²) in [7, 11) is 0. The summed E-state index contributed by atoms with van der Waals surface area (Å²) in [6.07, 6.45) is 8.22. The highest BCUT2D eigenvalue weighted by Gasteiger charge is 2.36. The Hall–Kier alpha value is -1.15. The summed E-state index contributed by atoms with van der Waals surface area (Å²) in [6, 6.07) is 0. The van der Waals surface area contributed by atoms with Crippen molar-refractivity contribution in [2.75, 3.05) is 6.61 Å². The average molecular weight is 417 g/mol. The van der Waals surface area contributed by atoms with Crippen molar-refractivity contribution in [2.24, 2.45) is 22.7 Å². The Balaban J connectivity index is 2.80. The molecule has 0 saturated carbocycles. The number of rotatable bonds is 9. The van der Waals surface area contributed by atoms with E-state index in [1.165, 1.54) is 23.1 Å². The first-order valence-electron chi connectivity index (χ1n) is 11.9. The molecule has 1 aliphatic carbocycles. The molecule has 0 aromatic carbocycles. The van der Waals surface area contributed by atoms with Gasteiger partial charge in [0.25, 0.3) is 0 Å². The van der Waals surface area contributed by atoms with E-state index in [1.54, 1.807) is 0 Å². The highest BCUT2D eigenvalue weighted by molar-refractivity contribution is 5.99. The van der Waals surface area contributed by atoms with E-state index < -0.39 is 0 Å². The van der Waals surface area contributed by atoms with Crippen molar-refractivity contribution in [2.45, 2.75) is 108 Å². The van der Waals surface area contributed by atoms with Crippen molar-refractivity contribution in [3.63, 3.8) is 0 Å². The summed E-state index contributed by atoms with van der Waals surface area (Å²) in [5, 5.41) is 0. The molecule has 172 valence electrons. The Morgan fingerprint density at radius 2 is 1.73 bits per heavy atom. The Kier molecular flexibility index (Phi) is 9.80. The lowest BCUT2D eigenvalue weighted by Crippen LogP contribution is -2.32. The highest BCUT2D eigenvalue weighted by atomic mass is 16.5. The highest BCUT2D eigenvalue weighted by Crippen LogP contribution is 2.45. The standard InChI is InChI=1S/C28H48O2/c1-19(2)13-12-14-20(3)15-16-30-22(5)26(29)23-17-24(27(6,7)8)21(4)25(18-23)28(9,10)11/h13,17,20,22,25H,12,14-16,18H2,1-11H3/t20-,22?,25?/m0/s1. The maximum absolute atomic E-state index is 13.2. The predicted octanol–water partition coefficient (Wildman–Crippen LogP) is 8.09. The molecule has 0 heterocycles. The molecule has 1 rings (SSSR count). The van der Waals surface area contributed by atoms with Crippen LogP contribution < -0.4 is 0 Å². The van der Waals surface area contributed by atoms with E-state index in [1.807, 2.05) is 6.92 Å². The third kappa shape index (κ3) is 8.17. The van der Waals surface area contributed by atoms with Crippen LogP contribution >= 0.6 is 0 Å². The number of carbonyl (C=O) groups excluding carboxylic acids is 1. The second-order valence-electron chi connectivity index (χ2n) is 11.8. The van der Waals surface area contributed by atoms with Crippen LogP contribution in [0.15, 0.2) is 34.4 Å². The molecule has 0 aromatic rings. The summed E-state index contributed by atoms with van der Waals surface area (Å²) >= 11 is 0. The molecule has 2 nitrogen and oxygen atoms in total. The molecule has 0 amide bonds. The second kappa shape index (κ2) is 10.9. The van der Waals surface area contributed by atoms with E-state index >= 15 is 0 Å². The molecule has 0 aromatic heterocycles. The molecular weight excluding hydrogens is 368 g/mol. The van der Waals surface area contributed by atoms with Gasteiger partial charge in [-0.25, -0.2) is 0 Å². The van der Waals surface area contributed by atoms with Gasteiger partial charge in [0.1, 0.15) is 6.10 Å². The summed E-state index contributed by atoms with van der Waals surface area (Å²) in [5.74, 6) is 1.16. The number of ketones is 1. The number of hydrogen-bond acceptors (Lipinski definition) is 2. The predicted molar refractivity (Wildman–Crippen MR) is 131 cm³/mol. The maximum atomic E-state index is 13.2. The van der Waals surface area contributed by atoms with E-state index in [4.69, 9.17) is 4.74 Å². The van der Waals surface area contributed by atoms with E-state index in [2.05, 4.69) is 81.4 Å². The van der Waals surface area contributed by atoms with Crippen LogP contribution in [-0.2, 0) is 9.53 Å². The summed E-state index contributed by atoms with van der Waals surface area (Å²) in [5.41, 5.74) is 5.23. The van der Waals surface area contributed by atoms with E-state index in [0.29, 0.717) is 18.4 Å². The quantitative estimate of drug-likeness (QED) is 0.355. The van der Waals surface area contributed by atoms with Crippen molar-refractivity contribution in [3.8, 4) is 0 Å². The molecule has 0 bridgehead atoms. The lowest BCUT2D eigenvalue weighted by Gasteiger charge is -2.39. The van der Waals surface area contributed by atoms with Crippen LogP contribution in [-0.4, -0.2) is 18.5 Å². The first-order chi connectivity index (χ1) is 13.6. The van der Waals surface area contributed by atoms with Gasteiger partial charge in [0.05, 0.1) is 0 Å². The molecule has 1 aliphatic rings. The monoisotopic (exact) mass is 416 g/mol. The fourth-order valence-corrected chi connectivity index (χ4v) is 4.43. The third-order valence-electron chi connectivity index (χ3n) is 6.42. The Morgan fingerprint density at radius 1 is 1.13 bits per heavy atom. The van der Waals surface area contributed by atoms with Crippen LogP contribution in [0.5, 0.6) is 0 Å². The number of carbonyl (C=O) groups is 1. The van der Waals surface area contributed by atoms with Crippen LogP contribution in [0, 0.1) is 22.7 Å². The van der Waals surface area contributed by atoms with Crippen LogP contribution in [0.4, 0.5) is 0 Å². The van der Waals surface area contributed by atoms with E-state index in [-0.39, 0.29) is 22.7 Å². The van der Waals surface area contributed by atoms with Crippen molar-refractivity contribution in [3.05, 3.63) is 34.4 Å². The van der Waals surface area contributed by atoms with Crippen LogP contribution in [0.2, 0.25) is 0 Å². The second-order valence-corrected chi connectivity index (χ2v) is 11.8. The van der Waals surface area contributed by atoms with Crippen molar-refractivity contribution >= 4 is 5.78 Å². The molecule has 0 fully saturated rings. The molecule has 3 atom stereocenters. The van der Waals surface area contributed by atoms with Gasteiger partial charge in [0, 0.05) is 6.61 Å². The average Bonchev–Trinajstić information content (AvgIpc) is 2.58. The molecule has 0 radical (unpaired) electrons. The molecular formula is C28H48O2. The molecule has 2 heteroatoms. The zero-order valence-corrected chi connectivity index (χ0v) is 21.7. The summed E-state index contributed by atoms with van der Waals surface area (Å²) in [6.45, 7) is 25.0. The van der Waals surface area contributed by atoms with Gasteiger partial charge in [-0.2, -0.15) is 0 Å². The van der Waals surface area contributed by atoms with Crippen LogP contribution in [0.25, 0.3) is 0 Å². The van der Waals surface area contributed by atoms with Crippen LogP contribution in [0.3, 0.4) is 0 Å². The minimum Gasteiger partial charge on any atom is -0.370 e. The molecule has 0 aliphatic heterocycles. The Morgan fingerprint density at radius 3 is 2.23 bits per heavy atom. The first kappa shape index (κ1) is 26.9. The summed E-state index contributed by atoms with van der Waals surface area (Å²) in [4.78, 5) is 13.2. The van der Waals surface area contributed by atoms with Gasteiger partial charge < -0.3 is 4.74 Å². The molecule has 30 heavy (non-hydrogen) atoms. The SMILES string of the molecule is CC(C)=CCC[C@H](C)CCOC(C)C(=O)C1=CC(C(C)(C)C)=C(C)C(C(C)(C)C)C1. The van der Waals surface area contributed by atoms with Gasteiger partial charge in [0.2, 0.25) is 0 Å². The summed E-state index contributed by atoms with van der Waals surface area (Å²) < 4.78 is 6.00. The normalized spacial score (nSPS) is 20.0. The minimum absolute atomic E-state index is 0.0321. The number of ether oxygens (including phenoxy) is 1. The lowest BCUT2D eigenvalue weighted by molar-refractivity contribution is -0.126. The van der Waals surface area contributed by atoms with Gasteiger partial charge in [-0.1, -0.05) is 71.8 Å². The molecule has 0 spiro atoms. The molecule has 0 N–H and O–H groups in total. The fraction of sp³-hybridized carbons (Fsp3) is 0.750. The Bertz CT molecular complexity index is 672. The number of Topliss-reactive ketones (excluding diaryl/α,β-unsaturated/α-hetero) is 1. The topological polar surface area (TPSA) is 26.3 Å². The smallest absolute Gasteiger partial charge is 0.187 e. The third-order valence-corrected chi connectivity index (χ3v) is 6.42. The zero-order chi connectivity index (χ0) is 23.3.